The Hall–Kier alpha value is -1.81. The van der Waals surface area contributed by atoms with Crippen molar-refractivity contribution in [3.05, 3.63) is 41.9 Å². The molecule has 0 amide bonds. The van der Waals surface area contributed by atoms with Gasteiger partial charge in [0.25, 0.3) is 0 Å². The van der Waals surface area contributed by atoms with Crippen molar-refractivity contribution in [1.82, 2.24) is 9.56 Å². The third-order valence-electron chi connectivity index (χ3n) is 9.00. The van der Waals surface area contributed by atoms with Crippen molar-refractivity contribution in [2.75, 3.05) is 7.05 Å². The minimum atomic E-state index is 0.264. The fourth-order valence-electron chi connectivity index (χ4n) is 7.57. The molecule has 2 heterocycles. The minimum absolute atomic E-state index is 0.264. The van der Waals surface area contributed by atoms with Gasteiger partial charge >= 0.3 is 0 Å². The Kier molecular flexibility index (Phi) is 4.54. The molecule has 2 fully saturated rings. The maximum absolute atomic E-state index is 5.72. The van der Waals surface area contributed by atoms with Gasteiger partial charge in [-0.1, -0.05) is 38.0 Å². The lowest BCUT2D eigenvalue weighted by Gasteiger charge is -2.57. The zero-order chi connectivity index (χ0) is 20.2. The van der Waals surface area contributed by atoms with E-state index in [1.54, 1.807) is 11.8 Å². The van der Waals surface area contributed by atoms with Crippen LogP contribution >= 0.6 is 0 Å². The topological polar surface area (TPSA) is 56.5 Å². The first-order valence-electron chi connectivity index (χ1n) is 11.5. The summed E-state index contributed by atoms with van der Waals surface area (Å²) in [6.45, 7) is 5.13. The van der Waals surface area contributed by atoms with Gasteiger partial charge in [-0.3, -0.25) is 0 Å². The highest BCUT2D eigenvalue weighted by Gasteiger charge is 2.56. The molecular formula is C25H35N3O. The summed E-state index contributed by atoms with van der Waals surface area (Å²) in [5.74, 6) is 2.49. The number of nitrogens with two attached hydrogens (primary N) is 1. The van der Waals surface area contributed by atoms with E-state index in [1.807, 2.05) is 16.8 Å². The van der Waals surface area contributed by atoms with Gasteiger partial charge in [0.1, 0.15) is 12.0 Å². The highest BCUT2D eigenvalue weighted by molar-refractivity contribution is 5.72. The van der Waals surface area contributed by atoms with E-state index in [0.29, 0.717) is 5.41 Å². The normalized spacial score (nSPS) is 38.3. The molecule has 156 valence electrons. The Bertz CT molecular complexity index is 966. The maximum Gasteiger partial charge on any atom is 0.172 e. The van der Waals surface area contributed by atoms with E-state index in [2.05, 4.69) is 36.7 Å². The summed E-state index contributed by atoms with van der Waals surface area (Å²) in [7, 11) is 1.50. The van der Waals surface area contributed by atoms with Crippen molar-refractivity contribution in [3.63, 3.8) is 0 Å². The lowest BCUT2D eigenvalue weighted by atomic mass is 9.47. The van der Waals surface area contributed by atoms with Gasteiger partial charge in [-0.15, -0.1) is 0 Å². The summed E-state index contributed by atoms with van der Waals surface area (Å²) in [5.41, 5.74) is 10.6. The molecule has 29 heavy (non-hydrogen) atoms. The standard InChI is InChI=1S/C24H30N2O.CH5N/c1-23-12-4-3-5-16(23)6-7-17-18-8-9-20(24(18,2)13-10-19(17)23)21-15-25-22-11-14-27-26(21)22;1-2/h6,9,11,14-15,17-19H,3-5,7-8,10,12-13H2,1-2H3;2H2,1H3. The summed E-state index contributed by atoms with van der Waals surface area (Å²) >= 11 is 0. The molecule has 4 aliphatic carbocycles. The Balaban J connectivity index is 0.000000882. The van der Waals surface area contributed by atoms with Crippen LogP contribution in [0.15, 0.2) is 40.8 Å². The van der Waals surface area contributed by atoms with E-state index >= 15 is 0 Å². The molecule has 2 saturated carbocycles. The highest BCUT2D eigenvalue weighted by atomic mass is 16.5. The Morgan fingerprint density at radius 1 is 1.07 bits per heavy atom. The second-order valence-corrected chi connectivity index (χ2v) is 9.98. The summed E-state index contributed by atoms with van der Waals surface area (Å²) in [4.78, 5) is 4.56. The SMILES string of the molecule is CC12CCCCC1=CCC1C2CCC2(C)C(c3cnc4ccon34)=CCC12.CN. The minimum Gasteiger partial charge on any atom is -0.381 e. The summed E-state index contributed by atoms with van der Waals surface area (Å²) in [5, 5.41) is 0. The van der Waals surface area contributed by atoms with Crippen LogP contribution in [-0.4, -0.2) is 16.6 Å². The predicted octanol–water partition coefficient (Wildman–Crippen LogP) is 5.85. The van der Waals surface area contributed by atoms with Crippen molar-refractivity contribution in [3.8, 4) is 0 Å². The predicted molar refractivity (Wildman–Crippen MR) is 117 cm³/mol. The molecule has 0 aliphatic heterocycles. The number of rotatable bonds is 1. The summed E-state index contributed by atoms with van der Waals surface area (Å²) < 4.78 is 7.65. The second kappa shape index (κ2) is 6.87. The molecule has 0 aromatic carbocycles. The quantitative estimate of drug-likeness (QED) is 0.618. The molecule has 0 saturated heterocycles. The third kappa shape index (κ3) is 2.57. The summed E-state index contributed by atoms with van der Waals surface area (Å²) in [6.07, 6.45) is 19.8. The van der Waals surface area contributed by atoms with E-state index < -0.39 is 0 Å². The monoisotopic (exact) mass is 393 g/mol. The number of fused-ring (bicyclic) bond motifs is 6. The van der Waals surface area contributed by atoms with Crippen molar-refractivity contribution in [1.29, 1.82) is 0 Å². The Morgan fingerprint density at radius 2 is 1.93 bits per heavy atom. The molecule has 2 aromatic rings. The number of hydrogen-bond acceptors (Lipinski definition) is 3. The second-order valence-electron chi connectivity index (χ2n) is 9.98. The molecule has 0 radical (unpaired) electrons. The number of imidazole rings is 1. The van der Waals surface area contributed by atoms with Gasteiger partial charge in [-0.25, -0.2) is 4.98 Å². The van der Waals surface area contributed by atoms with Crippen LogP contribution in [0.4, 0.5) is 0 Å². The lowest BCUT2D eigenvalue weighted by Crippen LogP contribution is -2.48. The van der Waals surface area contributed by atoms with Gasteiger partial charge in [0.2, 0.25) is 0 Å². The van der Waals surface area contributed by atoms with E-state index in [1.165, 1.54) is 69.7 Å². The van der Waals surface area contributed by atoms with Crippen molar-refractivity contribution >= 4 is 11.2 Å². The molecule has 0 spiro atoms. The van der Waals surface area contributed by atoms with E-state index in [-0.39, 0.29) is 5.41 Å². The van der Waals surface area contributed by atoms with Crippen LogP contribution in [0.3, 0.4) is 0 Å². The first-order chi connectivity index (χ1) is 14.1. The van der Waals surface area contributed by atoms with E-state index in [9.17, 15) is 0 Å². The van der Waals surface area contributed by atoms with Crippen LogP contribution in [0.25, 0.3) is 11.2 Å². The molecular weight excluding hydrogens is 358 g/mol. The molecule has 0 bridgehead atoms. The van der Waals surface area contributed by atoms with E-state index in [4.69, 9.17) is 4.52 Å². The zero-order valence-corrected chi connectivity index (χ0v) is 18.2. The molecule has 2 N–H and O–H groups in total. The molecule has 4 heteroatoms. The number of allylic oxidation sites excluding steroid dienone is 4. The van der Waals surface area contributed by atoms with Crippen molar-refractivity contribution in [2.24, 2.45) is 34.3 Å². The van der Waals surface area contributed by atoms with Crippen LogP contribution in [0.2, 0.25) is 0 Å². The van der Waals surface area contributed by atoms with Crippen molar-refractivity contribution < 1.29 is 4.52 Å². The Morgan fingerprint density at radius 3 is 2.79 bits per heavy atom. The van der Waals surface area contributed by atoms with Crippen LogP contribution in [0, 0.1) is 28.6 Å². The molecule has 6 rings (SSSR count). The molecule has 2 aromatic heterocycles. The molecule has 5 atom stereocenters. The first-order valence-corrected chi connectivity index (χ1v) is 11.5. The smallest absolute Gasteiger partial charge is 0.172 e. The van der Waals surface area contributed by atoms with Crippen LogP contribution in [-0.2, 0) is 0 Å². The maximum atomic E-state index is 5.72. The van der Waals surface area contributed by atoms with Crippen LogP contribution in [0.5, 0.6) is 0 Å². The highest BCUT2D eigenvalue weighted by Crippen LogP contribution is 2.66. The third-order valence-corrected chi connectivity index (χ3v) is 9.00. The first kappa shape index (κ1) is 19.2. The number of nitrogens with zero attached hydrogens (tertiary/aromatic N) is 2. The fourth-order valence-corrected chi connectivity index (χ4v) is 7.57. The molecule has 4 nitrogen and oxygen atoms in total. The largest absolute Gasteiger partial charge is 0.381 e. The van der Waals surface area contributed by atoms with Crippen LogP contribution < -0.4 is 5.73 Å². The number of hydrogen-bond donors (Lipinski definition) is 1. The van der Waals surface area contributed by atoms with Gasteiger partial charge in [0.05, 0.1) is 6.20 Å². The van der Waals surface area contributed by atoms with Crippen molar-refractivity contribution in [2.45, 2.75) is 65.2 Å². The number of aromatic nitrogens is 2. The molecule has 5 unspecified atom stereocenters. The zero-order valence-electron chi connectivity index (χ0n) is 18.2. The van der Waals surface area contributed by atoms with Gasteiger partial charge in [0, 0.05) is 6.07 Å². The van der Waals surface area contributed by atoms with Crippen LogP contribution in [0.1, 0.15) is 70.9 Å². The van der Waals surface area contributed by atoms with Gasteiger partial charge in [-0.2, -0.15) is 4.57 Å². The van der Waals surface area contributed by atoms with E-state index in [0.717, 1.165) is 23.4 Å². The molecule has 4 aliphatic rings. The van der Waals surface area contributed by atoms with Gasteiger partial charge < -0.3 is 10.3 Å². The average molecular weight is 394 g/mol. The fraction of sp³-hybridized carbons (Fsp3) is 0.640. The average Bonchev–Trinajstić information content (AvgIpc) is 3.43. The summed E-state index contributed by atoms with van der Waals surface area (Å²) in [6, 6.07) is 1.95. The lowest BCUT2D eigenvalue weighted by molar-refractivity contribution is -0.00999. The Labute approximate surface area is 174 Å². The van der Waals surface area contributed by atoms with Gasteiger partial charge in [0.15, 0.2) is 5.65 Å². The van der Waals surface area contributed by atoms with Gasteiger partial charge in [-0.05, 0) is 86.2 Å².